The molecule has 0 bridgehead atoms. The van der Waals surface area contributed by atoms with Crippen LogP contribution in [0.1, 0.15) is 0 Å². The summed E-state index contributed by atoms with van der Waals surface area (Å²) >= 11 is 0. The number of halogens is 11. The largest absolute Gasteiger partial charge is 0.244 e. The van der Waals surface area contributed by atoms with Crippen molar-refractivity contribution in [2.24, 2.45) is 0 Å². The van der Waals surface area contributed by atoms with Crippen LogP contribution in [0.3, 0.4) is 0 Å². The second-order valence-corrected chi connectivity index (χ2v) is 5.42. The highest BCUT2D eigenvalue weighted by atomic mass is 19.2. The lowest BCUT2D eigenvalue weighted by atomic mass is 10.0. The van der Waals surface area contributed by atoms with Crippen LogP contribution in [0.2, 0.25) is 0 Å². The Morgan fingerprint density at radius 1 is 0.414 bits per heavy atom. The Morgan fingerprint density at radius 2 is 0.759 bits per heavy atom. The van der Waals surface area contributed by atoms with Crippen molar-refractivity contribution in [3.8, 4) is 22.5 Å². The summed E-state index contributed by atoms with van der Waals surface area (Å²) in [4.78, 5) is 3.03. The van der Waals surface area contributed by atoms with Crippen molar-refractivity contribution in [1.29, 1.82) is 0 Å². The number of hydrogen-bond donors (Lipinski definition) is 0. The summed E-state index contributed by atoms with van der Waals surface area (Å²) in [6.45, 7) is 0. The van der Waals surface area contributed by atoms with Gasteiger partial charge < -0.3 is 0 Å². The van der Waals surface area contributed by atoms with Gasteiger partial charge in [-0.2, -0.15) is 0 Å². The molecule has 0 saturated heterocycles. The van der Waals surface area contributed by atoms with E-state index in [1.165, 1.54) is 0 Å². The van der Waals surface area contributed by atoms with Gasteiger partial charge in [0.15, 0.2) is 46.5 Å². The third kappa shape index (κ3) is 2.98. The topological polar surface area (TPSA) is 12.9 Å². The molecule has 2 aromatic carbocycles. The zero-order valence-electron chi connectivity index (χ0n) is 13.3. The van der Waals surface area contributed by atoms with Gasteiger partial charge in [0, 0.05) is 0 Å². The van der Waals surface area contributed by atoms with Crippen molar-refractivity contribution in [2.45, 2.75) is 0 Å². The molecule has 0 aliphatic rings. The van der Waals surface area contributed by atoms with E-state index in [2.05, 4.69) is 4.98 Å². The van der Waals surface area contributed by atoms with Gasteiger partial charge in [-0.25, -0.2) is 53.3 Å². The van der Waals surface area contributed by atoms with Gasteiger partial charge >= 0.3 is 0 Å². The van der Waals surface area contributed by atoms with Crippen molar-refractivity contribution in [1.82, 2.24) is 4.98 Å². The Morgan fingerprint density at radius 3 is 1.17 bits per heavy atom. The lowest BCUT2D eigenvalue weighted by molar-refractivity contribution is 0.380. The summed E-state index contributed by atoms with van der Waals surface area (Å²) in [5.74, 6) is -26.4. The van der Waals surface area contributed by atoms with E-state index in [4.69, 9.17) is 0 Å². The standard InChI is InChI=1S/C17H2F11N/c18-3-1-2-4(5-7(19)11(23)15(27)12(24)8(5)20)29-17(3)6-9(21)13(25)16(28)14(26)10(6)22/h1-2H. The van der Waals surface area contributed by atoms with Crippen molar-refractivity contribution in [3.05, 3.63) is 76.1 Å². The summed E-state index contributed by atoms with van der Waals surface area (Å²) in [5, 5.41) is 0. The van der Waals surface area contributed by atoms with Gasteiger partial charge in [-0.1, -0.05) is 0 Å². The third-order valence-corrected chi connectivity index (χ3v) is 3.76. The Labute approximate surface area is 153 Å². The molecule has 3 aromatic rings. The number of pyridine rings is 1. The molecule has 0 spiro atoms. The number of rotatable bonds is 2. The molecule has 1 nitrogen and oxygen atoms in total. The number of benzene rings is 2. The molecule has 0 saturated carbocycles. The van der Waals surface area contributed by atoms with Crippen molar-refractivity contribution < 1.29 is 48.3 Å². The summed E-state index contributed by atoms with van der Waals surface area (Å²) < 4.78 is 149. The van der Waals surface area contributed by atoms with Crippen molar-refractivity contribution in [3.63, 3.8) is 0 Å². The summed E-state index contributed by atoms with van der Waals surface area (Å²) in [6, 6.07) is 0.608. The fourth-order valence-electron chi connectivity index (χ4n) is 2.40. The van der Waals surface area contributed by atoms with Crippen LogP contribution >= 0.6 is 0 Å². The second kappa shape index (κ2) is 7.01. The van der Waals surface area contributed by atoms with Crippen molar-refractivity contribution >= 4 is 0 Å². The number of hydrogen-bond acceptors (Lipinski definition) is 1. The first-order valence-corrected chi connectivity index (χ1v) is 7.19. The van der Waals surface area contributed by atoms with E-state index < -0.39 is 86.5 Å². The lowest BCUT2D eigenvalue weighted by Crippen LogP contribution is -2.08. The van der Waals surface area contributed by atoms with Crippen LogP contribution in [-0.2, 0) is 0 Å². The van der Waals surface area contributed by atoms with Gasteiger partial charge in [0.2, 0.25) is 11.6 Å². The van der Waals surface area contributed by atoms with E-state index >= 15 is 0 Å². The van der Waals surface area contributed by atoms with Crippen LogP contribution in [0.5, 0.6) is 0 Å². The first-order chi connectivity index (χ1) is 13.5. The van der Waals surface area contributed by atoms with Gasteiger partial charge in [0.05, 0.1) is 16.8 Å². The minimum atomic E-state index is -2.57. The molecule has 0 unspecified atom stereocenters. The Hall–Kier alpha value is -3.18. The van der Waals surface area contributed by atoms with Crippen LogP contribution in [0.4, 0.5) is 48.3 Å². The van der Waals surface area contributed by atoms with Crippen molar-refractivity contribution in [2.75, 3.05) is 0 Å². The SMILES string of the molecule is Fc1ccc(-c2c(F)c(F)c(F)c(F)c2F)nc1-c1c(F)c(F)c(F)c(F)c1F. The van der Waals surface area contributed by atoms with Gasteiger partial charge in [0.25, 0.3) is 0 Å². The molecule has 0 amide bonds. The molecule has 0 aliphatic heterocycles. The third-order valence-electron chi connectivity index (χ3n) is 3.76. The highest BCUT2D eigenvalue weighted by Crippen LogP contribution is 2.35. The maximum Gasteiger partial charge on any atom is 0.200 e. The predicted molar refractivity (Wildman–Crippen MR) is 74.6 cm³/mol. The smallest absolute Gasteiger partial charge is 0.200 e. The van der Waals surface area contributed by atoms with Gasteiger partial charge in [-0.05, 0) is 12.1 Å². The summed E-state index contributed by atoms with van der Waals surface area (Å²) in [5.41, 5.74) is -6.44. The number of nitrogens with zero attached hydrogens (tertiary/aromatic N) is 1. The molecular weight excluding hydrogens is 427 g/mol. The van der Waals surface area contributed by atoms with Crippen LogP contribution in [-0.4, -0.2) is 4.98 Å². The monoisotopic (exact) mass is 429 g/mol. The van der Waals surface area contributed by atoms with E-state index in [0.29, 0.717) is 6.07 Å². The Bertz CT molecular complexity index is 1120. The van der Waals surface area contributed by atoms with E-state index in [1.807, 2.05) is 0 Å². The molecule has 29 heavy (non-hydrogen) atoms. The maximum absolute atomic E-state index is 14.0. The average molecular weight is 429 g/mol. The van der Waals surface area contributed by atoms with Crippen LogP contribution < -0.4 is 0 Å². The Balaban J connectivity index is 2.37. The average Bonchev–Trinajstić information content (AvgIpc) is 2.70. The van der Waals surface area contributed by atoms with Gasteiger partial charge in [-0.15, -0.1) is 0 Å². The number of aromatic nitrogens is 1. The quantitative estimate of drug-likeness (QED) is 0.279. The van der Waals surface area contributed by atoms with Crippen LogP contribution in [0.25, 0.3) is 22.5 Å². The molecule has 0 aliphatic carbocycles. The summed E-state index contributed by atoms with van der Waals surface area (Å²) in [7, 11) is 0. The Kier molecular flexibility index (Phi) is 4.97. The minimum absolute atomic E-state index is 0.230. The maximum atomic E-state index is 14.0. The fourth-order valence-corrected chi connectivity index (χ4v) is 2.40. The first kappa shape index (κ1) is 20.6. The predicted octanol–water partition coefficient (Wildman–Crippen LogP) is 5.95. The molecule has 0 N–H and O–H groups in total. The molecule has 1 aromatic heterocycles. The van der Waals surface area contributed by atoms with Gasteiger partial charge in [0.1, 0.15) is 11.5 Å². The summed E-state index contributed by atoms with van der Waals surface area (Å²) in [6.07, 6.45) is 0. The molecule has 152 valence electrons. The van der Waals surface area contributed by atoms with Crippen LogP contribution in [0, 0.1) is 64.0 Å². The zero-order valence-corrected chi connectivity index (χ0v) is 13.3. The molecule has 0 radical (unpaired) electrons. The zero-order chi connectivity index (χ0) is 21.8. The molecular formula is C17H2F11N. The molecule has 0 atom stereocenters. The molecule has 12 heteroatoms. The van der Waals surface area contributed by atoms with E-state index in [1.54, 1.807) is 0 Å². The van der Waals surface area contributed by atoms with E-state index in [9.17, 15) is 48.3 Å². The molecule has 1 heterocycles. The fraction of sp³-hybridized carbons (Fsp3) is 0. The minimum Gasteiger partial charge on any atom is -0.244 e. The van der Waals surface area contributed by atoms with Crippen LogP contribution in [0.15, 0.2) is 12.1 Å². The normalized spacial score (nSPS) is 11.3. The highest BCUT2D eigenvalue weighted by Gasteiger charge is 2.31. The highest BCUT2D eigenvalue weighted by molar-refractivity contribution is 5.68. The van der Waals surface area contributed by atoms with E-state index in [-0.39, 0.29) is 6.07 Å². The molecule has 0 fully saturated rings. The lowest BCUT2D eigenvalue weighted by Gasteiger charge is -2.12. The van der Waals surface area contributed by atoms with E-state index in [0.717, 1.165) is 0 Å². The first-order valence-electron chi connectivity index (χ1n) is 7.19. The second-order valence-electron chi connectivity index (χ2n) is 5.42. The molecule has 3 rings (SSSR count). The van der Waals surface area contributed by atoms with Gasteiger partial charge in [-0.3, -0.25) is 0 Å².